The summed E-state index contributed by atoms with van der Waals surface area (Å²) in [7, 11) is 0. The lowest BCUT2D eigenvalue weighted by Gasteiger charge is -1.99. The molecule has 0 aliphatic rings. The van der Waals surface area contributed by atoms with Crippen molar-refractivity contribution in [3.8, 4) is 0 Å². The van der Waals surface area contributed by atoms with Gasteiger partial charge < -0.3 is 4.42 Å². The van der Waals surface area contributed by atoms with Crippen molar-refractivity contribution in [1.29, 1.82) is 0 Å². The highest BCUT2D eigenvalue weighted by atomic mass is 16.6. The largest absolute Gasteiger partial charge is 0.461 e. The van der Waals surface area contributed by atoms with Gasteiger partial charge in [-0.15, -0.1) is 0 Å². The number of ketones is 2. The standard InChI is InChI=1S/C13H9NO5/c15-11(8-12(16)13-5-2-6-19-13)9-3-1-4-10(7-9)14(17)18/h1-7H,8H2. The molecule has 0 amide bonds. The van der Waals surface area contributed by atoms with Crippen LogP contribution in [0.15, 0.2) is 47.1 Å². The van der Waals surface area contributed by atoms with Crippen molar-refractivity contribution in [3.05, 3.63) is 64.1 Å². The SMILES string of the molecule is O=C(CC(=O)c1ccco1)c1cccc([N+](=O)[O-])c1. The van der Waals surface area contributed by atoms with Crippen LogP contribution < -0.4 is 0 Å². The van der Waals surface area contributed by atoms with Crippen molar-refractivity contribution in [2.75, 3.05) is 0 Å². The second-order valence-electron chi connectivity index (χ2n) is 3.81. The van der Waals surface area contributed by atoms with Gasteiger partial charge in [0.1, 0.15) is 0 Å². The summed E-state index contributed by atoms with van der Waals surface area (Å²) in [5, 5.41) is 10.6. The number of carbonyl (C=O) groups is 2. The summed E-state index contributed by atoms with van der Waals surface area (Å²) in [6.45, 7) is 0. The van der Waals surface area contributed by atoms with E-state index in [1.165, 1.54) is 30.5 Å². The van der Waals surface area contributed by atoms with Gasteiger partial charge in [0.25, 0.3) is 5.69 Å². The third kappa shape index (κ3) is 2.92. The molecule has 0 N–H and O–H groups in total. The molecule has 0 atom stereocenters. The number of furan rings is 1. The molecule has 1 aromatic carbocycles. The Morgan fingerprint density at radius 2 is 1.95 bits per heavy atom. The fourth-order valence-corrected chi connectivity index (χ4v) is 1.57. The maximum atomic E-state index is 11.8. The van der Waals surface area contributed by atoms with Crippen LogP contribution in [0.1, 0.15) is 27.3 Å². The molecule has 2 aromatic rings. The van der Waals surface area contributed by atoms with Gasteiger partial charge in [0.05, 0.1) is 17.6 Å². The van der Waals surface area contributed by atoms with Crippen molar-refractivity contribution < 1.29 is 18.9 Å². The third-order valence-electron chi connectivity index (χ3n) is 2.50. The lowest BCUT2D eigenvalue weighted by molar-refractivity contribution is -0.384. The van der Waals surface area contributed by atoms with Crippen LogP contribution in [0.25, 0.3) is 0 Å². The van der Waals surface area contributed by atoms with E-state index in [2.05, 4.69) is 0 Å². The minimum absolute atomic E-state index is 0.0961. The molecule has 2 rings (SSSR count). The molecule has 0 saturated heterocycles. The first kappa shape index (κ1) is 12.7. The number of nitro benzene ring substituents is 1. The first-order valence-electron chi connectivity index (χ1n) is 5.42. The Bertz CT molecular complexity index is 630. The molecule has 1 heterocycles. The second kappa shape index (κ2) is 5.26. The fraction of sp³-hybridized carbons (Fsp3) is 0.0769. The molecule has 1 aromatic heterocycles. The van der Waals surface area contributed by atoms with Crippen LogP contribution in [-0.4, -0.2) is 16.5 Å². The Morgan fingerprint density at radius 1 is 1.16 bits per heavy atom. The third-order valence-corrected chi connectivity index (χ3v) is 2.50. The number of carbonyl (C=O) groups excluding carboxylic acids is 2. The van der Waals surface area contributed by atoms with Crippen LogP contribution in [0.5, 0.6) is 0 Å². The molecule has 6 nitrogen and oxygen atoms in total. The molecular weight excluding hydrogens is 250 g/mol. The Labute approximate surface area is 107 Å². The van der Waals surface area contributed by atoms with Crippen molar-refractivity contribution in [1.82, 2.24) is 0 Å². The van der Waals surface area contributed by atoms with E-state index in [0.717, 1.165) is 6.07 Å². The van der Waals surface area contributed by atoms with Crippen molar-refractivity contribution >= 4 is 17.3 Å². The predicted molar refractivity (Wildman–Crippen MR) is 65.1 cm³/mol. The van der Waals surface area contributed by atoms with Gasteiger partial charge in [0.15, 0.2) is 11.5 Å². The van der Waals surface area contributed by atoms with E-state index in [1.54, 1.807) is 6.07 Å². The smallest absolute Gasteiger partial charge is 0.270 e. The number of nitro groups is 1. The summed E-state index contributed by atoms with van der Waals surface area (Å²) in [6, 6.07) is 8.28. The first-order valence-corrected chi connectivity index (χ1v) is 5.42. The van der Waals surface area contributed by atoms with E-state index in [0.29, 0.717) is 0 Å². The normalized spacial score (nSPS) is 10.1. The Balaban J connectivity index is 2.14. The molecule has 19 heavy (non-hydrogen) atoms. The number of benzene rings is 1. The monoisotopic (exact) mass is 259 g/mol. The van der Waals surface area contributed by atoms with E-state index >= 15 is 0 Å². The van der Waals surface area contributed by atoms with Gasteiger partial charge in [-0.05, 0) is 12.1 Å². The molecule has 0 aliphatic carbocycles. The van der Waals surface area contributed by atoms with Crippen LogP contribution in [0, 0.1) is 10.1 Å². The maximum absolute atomic E-state index is 11.8. The average Bonchev–Trinajstić information content (AvgIpc) is 2.92. The lowest BCUT2D eigenvalue weighted by Crippen LogP contribution is -2.08. The summed E-state index contributed by atoms with van der Waals surface area (Å²) in [5.41, 5.74) is -0.0506. The summed E-state index contributed by atoms with van der Waals surface area (Å²) >= 11 is 0. The summed E-state index contributed by atoms with van der Waals surface area (Å²) in [4.78, 5) is 33.5. The first-order chi connectivity index (χ1) is 9.08. The fourth-order valence-electron chi connectivity index (χ4n) is 1.57. The zero-order valence-corrected chi connectivity index (χ0v) is 9.74. The van der Waals surface area contributed by atoms with Crippen LogP contribution in [-0.2, 0) is 0 Å². The minimum atomic E-state index is -0.592. The Hall–Kier alpha value is -2.76. The van der Waals surface area contributed by atoms with Gasteiger partial charge in [0.2, 0.25) is 5.78 Å². The number of non-ortho nitro benzene ring substituents is 1. The van der Waals surface area contributed by atoms with Crippen LogP contribution in [0.2, 0.25) is 0 Å². The van der Waals surface area contributed by atoms with Crippen molar-refractivity contribution in [2.45, 2.75) is 6.42 Å². The van der Waals surface area contributed by atoms with Crippen molar-refractivity contribution in [3.63, 3.8) is 0 Å². The van der Waals surface area contributed by atoms with Gasteiger partial charge in [-0.3, -0.25) is 19.7 Å². The molecule has 0 bridgehead atoms. The molecule has 6 heteroatoms. The van der Waals surface area contributed by atoms with E-state index in [1.807, 2.05) is 0 Å². The predicted octanol–water partition coefficient (Wildman–Crippen LogP) is 2.64. The lowest BCUT2D eigenvalue weighted by atomic mass is 10.0. The number of nitrogens with zero attached hydrogens (tertiary/aromatic N) is 1. The topological polar surface area (TPSA) is 90.4 Å². The van der Waals surface area contributed by atoms with E-state index < -0.39 is 16.5 Å². The van der Waals surface area contributed by atoms with Crippen molar-refractivity contribution in [2.24, 2.45) is 0 Å². The molecule has 0 saturated carbocycles. The maximum Gasteiger partial charge on any atom is 0.270 e. The summed E-state index contributed by atoms with van der Waals surface area (Å²) in [6.07, 6.45) is 0.958. The number of hydrogen-bond acceptors (Lipinski definition) is 5. The van der Waals surface area contributed by atoms with Gasteiger partial charge in [-0.25, -0.2) is 0 Å². The molecule has 0 spiro atoms. The highest BCUT2D eigenvalue weighted by molar-refractivity contribution is 6.12. The van der Waals surface area contributed by atoms with Gasteiger partial charge in [-0.2, -0.15) is 0 Å². The minimum Gasteiger partial charge on any atom is -0.461 e. The quantitative estimate of drug-likeness (QED) is 0.356. The van der Waals surface area contributed by atoms with Crippen LogP contribution in [0.4, 0.5) is 5.69 Å². The van der Waals surface area contributed by atoms with E-state index in [4.69, 9.17) is 4.42 Å². The zero-order chi connectivity index (χ0) is 13.8. The van der Waals surface area contributed by atoms with Crippen LogP contribution in [0.3, 0.4) is 0 Å². The van der Waals surface area contributed by atoms with E-state index in [9.17, 15) is 19.7 Å². The molecular formula is C13H9NO5. The molecule has 0 aliphatic heterocycles. The number of hydrogen-bond donors (Lipinski definition) is 0. The highest BCUT2D eigenvalue weighted by Gasteiger charge is 2.17. The second-order valence-corrected chi connectivity index (χ2v) is 3.81. The van der Waals surface area contributed by atoms with Gasteiger partial charge in [-0.1, -0.05) is 12.1 Å². The van der Waals surface area contributed by atoms with E-state index in [-0.39, 0.29) is 23.4 Å². The molecule has 96 valence electrons. The number of rotatable bonds is 5. The molecule has 0 fully saturated rings. The molecule has 0 radical (unpaired) electrons. The Morgan fingerprint density at radius 3 is 2.58 bits per heavy atom. The number of Topliss-reactive ketones (excluding diaryl/α,β-unsaturated/α-hetero) is 2. The summed E-state index contributed by atoms with van der Waals surface area (Å²) in [5.74, 6) is -0.842. The van der Waals surface area contributed by atoms with Gasteiger partial charge >= 0.3 is 0 Å². The zero-order valence-electron chi connectivity index (χ0n) is 9.74. The average molecular weight is 259 g/mol. The summed E-state index contributed by atoms with van der Waals surface area (Å²) < 4.78 is 4.88. The van der Waals surface area contributed by atoms with Crippen LogP contribution >= 0.6 is 0 Å². The highest BCUT2D eigenvalue weighted by Crippen LogP contribution is 2.15. The van der Waals surface area contributed by atoms with Gasteiger partial charge in [0, 0.05) is 17.7 Å². The molecule has 0 unspecified atom stereocenters. The Kier molecular flexibility index (Phi) is 3.51.